The molecule has 0 saturated heterocycles. The molecule has 0 spiro atoms. The summed E-state index contributed by atoms with van der Waals surface area (Å²) in [6, 6.07) is 17.2. The van der Waals surface area contributed by atoms with Crippen molar-refractivity contribution in [3.8, 4) is 0 Å². The second kappa shape index (κ2) is 8.09. The molecule has 1 amide bonds. The van der Waals surface area contributed by atoms with Crippen LogP contribution in [0, 0.1) is 0 Å². The first-order chi connectivity index (χ1) is 12.2. The van der Waals surface area contributed by atoms with Crippen molar-refractivity contribution >= 4 is 27.7 Å². The zero-order valence-electron chi connectivity index (χ0n) is 13.8. The van der Waals surface area contributed by atoms with E-state index in [9.17, 15) is 4.79 Å². The van der Waals surface area contributed by atoms with E-state index < -0.39 is 0 Å². The van der Waals surface area contributed by atoms with Crippen LogP contribution >= 0.6 is 15.9 Å². The number of nitrogens with one attached hydrogen (secondary N) is 1. The fourth-order valence-electron chi connectivity index (χ4n) is 2.53. The van der Waals surface area contributed by atoms with Crippen LogP contribution in [0.15, 0.2) is 65.3 Å². The number of benzene rings is 2. The number of aromatic nitrogens is 2. The molecule has 5 nitrogen and oxygen atoms in total. The lowest BCUT2D eigenvalue weighted by molar-refractivity contribution is 0.102. The molecule has 1 aromatic heterocycles. The van der Waals surface area contributed by atoms with Crippen LogP contribution < -0.4 is 5.32 Å². The predicted octanol–water partition coefficient (Wildman–Crippen LogP) is 4.09. The number of carbonyl (C=O) groups is 1. The van der Waals surface area contributed by atoms with Crippen LogP contribution in [0.5, 0.6) is 0 Å². The number of methoxy groups -OCH3 is 1. The summed E-state index contributed by atoms with van der Waals surface area (Å²) in [6.45, 7) is 1.05. The summed E-state index contributed by atoms with van der Waals surface area (Å²) in [7, 11) is 1.63. The van der Waals surface area contributed by atoms with Gasteiger partial charge in [-0.2, -0.15) is 5.10 Å². The minimum atomic E-state index is -0.172. The summed E-state index contributed by atoms with van der Waals surface area (Å²) in [5, 5.41) is 7.22. The summed E-state index contributed by atoms with van der Waals surface area (Å²) >= 11 is 3.47. The monoisotopic (exact) mass is 399 g/mol. The number of hydrogen-bond donors (Lipinski definition) is 1. The lowest BCUT2D eigenvalue weighted by Crippen LogP contribution is -2.16. The number of carbonyl (C=O) groups excluding carboxylic acids is 1. The van der Waals surface area contributed by atoms with Crippen molar-refractivity contribution < 1.29 is 9.53 Å². The first-order valence-corrected chi connectivity index (χ1v) is 8.60. The number of hydrogen-bond acceptors (Lipinski definition) is 3. The van der Waals surface area contributed by atoms with Gasteiger partial charge in [0.1, 0.15) is 5.82 Å². The van der Waals surface area contributed by atoms with Crippen molar-refractivity contribution in [2.75, 3.05) is 12.4 Å². The van der Waals surface area contributed by atoms with Crippen LogP contribution in [-0.4, -0.2) is 22.8 Å². The van der Waals surface area contributed by atoms with Gasteiger partial charge in [-0.1, -0.05) is 40.2 Å². The van der Waals surface area contributed by atoms with E-state index in [-0.39, 0.29) is 5.91 Å². The van der Waals surface area contributed by atoms with E-state index in [2.05, 4.69) is 26.3 Å². The second-order valence-electron chi connectivity index (χ2n) is 5.59. The number of nitrogens with zero attached hydrogens (tertiary/aromatic N) is 2. The van der Waals surface area contributed by atoms with Crippen LogP contribution in [0.4, 0.5) is 5.82 Å². The quantitative estimate of drug-likeness (QED) is 0.678. The highest BCUT2D eigenvalue weighted by Gasteiger charge is 2.10. The molecule has 6 heteroatoms. The Morgan fingerprint density at radius 3 is 2.76 bits per heavy atom. The lowest BCUT2D eigenvalue weighted by Gasteiger charge is -2.10. The molecule has 0 aliphatic carbocycles. The molecule has 3 aromatic rings. The van der Waals surface area contributed by atoms with Gasteiger partial charge in [0.25, 0.3) is 5.91 Å². The Morgan fingerprint density at radius 2 is 1.96 bits per heavy atom. The van der Waals surface area contributed by atoms with E-state index in [0.717, 1.165) is 15.6 Å². The van der Waals surface area contributed by atoms with Gasteiger partial charge in [-0.15, -0.1) is 0 Å². The lowest BCUT2D eigenvalue weighted by atomic mass is 10.1. The highest BCUT2D eigenvalue weighted by molar-refractivity contribution is 9.10. The third-order valence-corrected chi connectivity index (χ3v) is 4.17. The number of anilines is 1. The molecule has 1 N–H and O–H groups in total. The van der Waals surface area contributed by atoms with E-state index in [4.69, 9.17) is 4.74 Å². The molecule has 25 heavy (non-hydrogen) atoms. The first kappa shape index (κ1) is 17.4. The van der Waals surface area contributed by atoms with Gasteiger partial charge in [0.15, 0.2) is 0 Å². The summed E-state index contributed by atoms with van der Waals surface area (Å²) in [5.41, 5.74) is 2.64. The molecular weight excluding hydrogens is 382 g/mol. The van der Waals surface area contributed by atoms with Crippen LogP contribution in [0.1, 0.15) is 21.5 Å². The Hall–Kier alpha value is -2.44. The highest BCUT2D eigenvalue weighted by atomic mass is 79.9. The SMILES string of the molecule is COCc1cccc(C(=O)Nc2ccnn2Cc2cccc(Br)c2)c1. The van der Waals surface area contributed by atoms with Gasteiger partial charge in [-0.3, -0.25) is 4.79 Å². The second-order valence-corrected chi connectivity index (χ2v) is 6.51. The minimum Gasteiger partial charge on any atom is -0.380 e. The molecule has 0 fully saturated rings. The normalized spacial score (nSPS) is 10.6. The molecule has 0 saturated carbocycles. The Morgan fingerprint density at radius 1 is 1.16 bits per heavy atom. The summed E-state index contributed by atoms with van der Waals surface area (Å²) < 4.78 is 7.89. The molecule has 0 unspecified atom stereocenters. The molecule has 0 atom stereocenters. The van der Waals surface area contributed by atoms with Crippen molar-refractivity contribution in [2.24, 2.45) is 0 Å². The smallest absolute Gasteiger partial charge is 0.256 e. The van der Waals surface area contributed by atoms with Crippen LogP contribution in [0.25, 0.3) is 0 Å². The summed E-state index contributed by atoms with van der Waals surface area (Å²) in [6.07, 6.45) is 1.68. The Kier molecular flexibility index (Phi) is 5.63. The largest absolute Gasteiger partial charge is 0.380 e. The van der Waals surface area contributed by atoms with Gasteiger partial charge in [-0.25, -0.2) is 4.68 Å². The molecule has 0 aliphatic heterocycles. The van der Waals surface area contributed by atoms with Gasteiger partial charge in [0.2, 0.25) is 0 Å². The minimum absolute atomic E-state index is 0.172. The fourth-order valence-corrected chi connectivity index (χ4v) is 2.98. The standard InChI is InChI=1S/C19H18BrN3O2/c1-25-13-15-5-2-6-16(10-15)19(24)22-18-8-9-21-23(18)12-14-4-3-7-17(20)11-14/h2-11H,12-13H2,1H3,(H,22,24). The average Bonchev–Trinajstić information content (AvgIpc) is 3.02. The molecule has 0 bridgehead atoms. The first-order valence-electron chi connectivity index (χ1n) is 7.81. The van der Waals surface area contributed by atoms with Crippen molar-refractivity contribution in [1.29, 1.82) is 0 Å². The number of rotatable bonds is 6. The molecule has 128 valence electrons. The van der Waals surface area contributed by atoms with Crippen LogP contribution in [-0.2, 0) is 17.9 Å². The van der Waals surface area contributed by atoms with Crippen molar-refractivity contribution in [2.45, 2.75) is 13.2 Å². The number of halogens is 1. The number of amides is 1. The summed E-state index contributed by atoms with van der Waals surface area (Å²) in [5.74, 6) is 0.482. The third-order valence-electron chi connectivity index (χ3n) is 3.68. The molecule has 0 radical (unpaired) electrons. The molecule has 2 aromatic carbocycles. The van der Waals surface area contributed by atoms with E-state index in [1.807, 2.05) is 42.5 Å². The Balaban J connectivity index is 1.74. The van der Waals surface area contributed by atoms with Gasteiger partial charge >= 0.3 is 0 Å². The maximum atomic E-state index is 12.5. The maximum absolute atomic E-state index is 12.5. The Bertz CT molecular complexity index is 876. The fraction of sp³-hybridized carbons (Fsp3) is 0.158. The molecule has 0 aliphatic rings. The number of ether oxygens (including phenoxy) is 1. The van der Waals surface area contributed by atoms with E-state index in [0.29, 0.717) is 24.5 Å². The molecule has 1 heterocycles. The average molecular weight is 400 g/mol. The molecular formula is C19H18BrN3O2. The van der Waals surface area contributed by atoms with Gasteiger partial charge in [0, 0.05) is 23.2 Å². The maximum Gasteiger partial charge on any atom is 0.256 e. The summed E-state index contributed by atoms with van der Waals surface area (Å²) in [4.78, 5) is 12.5. The van der Waals surface area contributed by atoms with Crippen molar-refractivity contribution in [3.05, 3.63) is 82.0 Å². The van der Waals surface area contributed by atoms with E-state index in [1.165, 1.54) is 0 Å². The Labute approximate surface area is 154 Å². The van der Waals surface area contributed by atoms with E-state index >= 15 is 0 Å². The predicted molar refractivity (Wildman–Crippen MR) is 101 cm³/mol. The van der Waals surface area contributed by atoms with Crippen molar-refractivity contribution in [1.82, 2.24) is 9.78 Å². The zero-order chi connectivity index (χ0) is 17.6. The molecule has 3 rings (SSSR count). The van der Waals surface area contributed by atoms with Crippen LogP contribution in [0.2, 0.25) is 0 Å². The topological polar surface area (TPSA) is 56.1 Å². The third kappa shape index (κ3) is 4.55. The van der Waals surface area contributed by atoms with Gasteiger partial charge < -0.3 is 10.1 Å². The highest BCUT2D eigenvalue weighted by Crippen LogP contribution is 2.16. The zero-order valence-corrected chi connectivity index (χ0v) is 15.4. The van der Waals surface area contributed by atoms with Crippen LogP contribution in [0.3, 0.4) is 0 Å². The van der Waals surface area contributed by atoms with Crippen molar-refractivity contribution in [3.63, 3.8) is 0 Å². The van der Waals surface area contributed by atoms with E-state index in [1.54, 1.807) is 30.1 Å². The van der Waals surface area contributed by atoms with Gasteiger partial charge in [0.05, 0.1) is 19.3 Å². The van der Waals surface area contributed by atoms with Gasteiger partial charge in [-0.05, 0) is 35.4 Å².